The summed E-state index contributed by atoms with van der Waals surface area (Å²) >= 11 is 5.79. The molecule has 178 valence electrons. The average Bonchev–Trinajstić information content (AvgIpc) is 3.13. The van der Waals surface area contributed by atoms with E-state index < -0.39 is 23.7 Å². The Balaban J connectivity index is 1.55. The SMILES string of the molecule is Cc1nc(C(C)NC(=O)c2cc(Cl)cc(C(F)(F)F)c2)n(-c2ccc(C(=O)N3CCC3)cn2)n1. The molecule has 1 N–H and O–H groups in total. The van der Waals surface area contributed by atoms with Crippen molar-refractivity contribution in [2.24, 2.45) is 0 Å². The highest BCUT2D eigenvalue weighted by molar-refractivity contribution is 6.31. The summed E-state index contributed by atoms with van der Waals surface area (Å²) in [4.78, 5) is 35.4. The summed E-state index contributed by atoms with van der Waals surface area (Å²) in [5.41, 5.74) is -0.806. The van der Waals surface area contributed by atoms with Crippen LogP contribution < -0.4 is 5.32 Å². The van der Waals surface area contributed by atoms with E-state index in [9.17, 15) is 22.8 Å². The maximum Gasteiger partial charge on any atom is 0.416 e. The lowest BCUT2D eigenvalue weighted by Gasteiger charge is -2.30. The van der Waals surface area contributed by atoms with Crippen LogP contribution in [0.15, 0.2) is 36.5 Å². The number of nitrogens with zero attached hydrogens (tertiary/aromatic N) is 5. The number of aromatic nitrogens is 4. The van der Waals surface area contributed by atoms with Gasteiger partial charge in [-0.25, -0.2) is 9.97 Å². The Morgan fingerprint density at radius 1 is 1.15 bits per heavy atom. The Bertz CT molecular complexity index is 1240. The quantitative estimate of drug-likeness (QED) is 0.581. The second-order valence-corrected chi connectivity index (χ2v) is 8.34. The van der Waals surface area contributed by atoms with E-state index in [1.807, 2.05) is 0 Å². The highest BCUT2D eigenvalue weighted by Gasteiger charge is 2.32. The fourth-order valence-electron chi connectivity index (χ4n) is 3.45. The standard InChI is InChI=1S/C22H20ClF3N6O2/c1-12(28-20(33)15-8-16(22(24,25)26)10-17(23)9-15)19-29-13(2)30-32(19)18-5-4-14(11-27-18)21(34)31-6-3-7-31/h4-5,8-12H,3,6-7H2,1-2H3,(H,28,33). The fourth-order valence-corrected chi connectivity index (χ4v) is 3.68. The van der Waals surface area contributed by atoms with Crippen LogP contribution in [0.1, 0.15) is 57.3 Å². The van der Waals surface area contributed by atoms with Crippen LogP contribution in [0.3, 0.4) is 0 Å². The minimum atomic E-state index is -4.64. The normalized spacial score (nSPS) is 14.5. The average molecular weight is 493 g/mol. The molecule has 3 aromatic rings. The van der Waals surface area contributed by atoms with Crippen molar-refractivity contribution in [3.8, 4) is 5.82 Å². The molecular weight excluding hydrogens is 473 g/mol. The summed E-state index contributed by atoms with van der Waals surface area (Å²) < 4.78 is 40.7. The summed E-state index contributed by atoms with van der Waals surface area (Å²) in [6.07, 6.45) is -2.21. The molecule has 2 aromatic heterocycles. The number of alkyl halides is 3. The molecule has 8 nitrogen and oxygen atoms in total. The molecule has 3 heterocycles. The molecule has 0 aliphatic carbocycles. The molecule has 2 amide bonds. The molecule has 0 saturated carbocycles. The topological polar surface area (TPSA) is 93.0 Å². The number of pyridine rings is 1. The second kappa shape index (κ2) is 9.05. The predicted octanol–water partition coefficient (Wildman–Crippen LogP) is 3.98. The van der Waals surface area contributed by atoms with E-state index >= 15 is 0 Å². The number of aryl methyl sites for hydroxylation is 1. The number of nitrogens with one attached hydrogen (secondary N) is 1. The van der Waals surface area contributed by atoms with Crippen LogP contribution in [0, 0.1) is 6.92 Å². The van der Waals surface area contributed by atoms with Crippen molar-refractivity contribution in [1.29, 1.82) is 0 Å². The van der Waals surface area contributed by atoms with E-state index in [2.05, 4.69) is 20.4 Å². The first-order valence-corrected chi connectivity index (χ1v) is 10.8. The summed E-state index contributed by atoms with van der Waals surface area (Å²) in [7, 11) is 0. The van der Waals surface area contributed by atoms with Gasteiger partial charge >= 0.3 is 6.18 Å². The fraction of sp³-hybridized carbons (Fsp3) is 0.318. The number of rotatable bonds is 5. The number of likely N-dealkylation sites (tertiary alicyclic amines) is 1. The zero-order valence-electron chi connectivity index (χ0n) is 18.2. The number of hydrogen-bond acceptors (Lipinski definition) is 5. The van der Waals surface area contributed by atoms with Crippen LogP contribution in [0.2, 0.25) is 5.02 Å². The van der Waals surface area contributed by atoms with Gasteiger partial charge in [0.05, 0.1) is 17.2 Å². The van der Waals surface area contributed by atoms with E-state index in [1.165, 1.54) is 10.9 Å². The van der Waals surface area contributed by atoms with Crippen LogP contribution in [0.4, 0.5) is 13.2 Å². The monoisotopic (exact) mass is 492 g/mol. The molecule has 4 rings (SSSR count). The molecule has 1 fully saturated rings. The van der Waals surface area contributed by atoms with Gasteiger partial charge in [-0.05, 0) is 50.6 Å². The molecule has 0 spiro atoms. The van der Waals surface area contributed by atoms with Crippen LogP contribution in [0.5, 0.6) is 0 Å². The lowest BCUT2D eigenvalue weighted by Crippen LogP contribution is -2.42. The summed E-state index contributed by atoms with van der Waals surface area (Å²) in [5, 5.41) is 6.73. The Kier molecular flexibility index (Phi) is 6.30. The third-order valence-electron chi connectivity index (χ3n) is 5.32. The van der Waals surface area contributed by atoms with Crippen molar-refractivity contribution in [2.75, 3.05) is 13.1 Å². The third kappa shape index (κ3) is 4.89. The number of hydrogen-bond donors (Lipinski definition) is 1. The van der Waals surface area contributed by atoms with Crippen LogP contribution in [0.25, 0.3) is 5.82 Å². The van der Waals surface area contributed by atoms with Gasteiger partial charge in [-0.1, -0.05) is 11.6 Å². The van der Waals surface area contributed by atoms with Gasteiger partial charge in [0.2, 0.25) is 0 Å². The van der Waals surface area contributed by atoms with Crippen molar-refractivity contribution < 1.29 is 22.8 Å². The van der Waals surface area contributed by atoms with Crippen LogP contribution in [-0.4, -0.2) is 49.6 Å². The Hall–Kier alpha value is -3.47. The Morgan fingerprint density at radius 2 is 1.88 bits per heavy atom. The molecule has 1 aliphatic heterocycles. The van der Waals surface area contributed by atoms with E-state index in [0.717, 1.165) is 37.7 Å². The van der Waals surface area contributed by atoms with Gasteiger partial charge in [0.1, 0.15) is 5.82 Å². The number of carbonyl (C=O) groups excluding carboxylic acids is 2. The van der Waals surface area contributed by atoms with Crippen molar-refractivity contribution in [2.45, 2.75) is 32.5 Å². The van der Waals surface area contributed by atoms with E-state index in [0.29, 0.717) is 23.0 Å². The van der Waals surface area contributed by atoms with Gasteiger partial charge in [0, 0.05) is 29.9 Å². The van der Waals surface area contributed by atoms with Crippen molar-refractivity contribution in [3.63, 3.8) is 0 Å². The smallest absolute Gasteiger partial charge is 0.342 e. The molecule has 34 heavy (non-hydrogen) atoms. The van der Waals surface area contributed by atoms with Gasteiger partial charge in [-0.15, -0.1) is 5.10 Å². The van der Waals surface area contributed by atoms with Crippen molar-refractivity contribution >= 4 is 23.4 Å². The van der Waals surface area contributed by atoms with E-state index in [-0.39, 0.29) is 16.5 Å². The largest absolute Gasteiger partial charge is 0.416 e. The first kappa shape index (κ1) is 23.7. The zero-order chi connectivity index (χ0) is 24.6. The lowest BCUT2D eigenvalue weighted by atomic mass is 10.1. The molecular formula is C22H20ClF3N6O2. The molecule has 1 aliphatic rings. The van der Waals surface area contributed by atoms with E-state index in [1.54, 1.807) is 30.9 Å². The van der Waals surface area contributed by atoms with E-state index in [4.69, 9.17) is 11.6 Å². The van der Waals surface area contributed by atoms with Gasteiger partial charge in [-0.2, -0.15) is 17.9 Å². The minimum absolute atomic E-state index is 0.0966. The molecule has 0 bridgehead atoms. The third-order valence-corrected chi connectivity index (χ3v) is 5.53. The highest BCUT2D eigenvalue weighted by Crippen LogP contribution is 2.32. The molecule has 0 radical (unpaired) electrons. The maximum atomic E-state index is 13.1. The summed E-state index contributed by atoms with van der Waals surface area (Å²) in [6, 6.07) is 5.17. The van der Waals surface area contributed by atoms with Crippen molar-refractivity contribution in [1.82, 2.24) is 30.0 Å². The van der Waals surface area contributed by atoms with Gasteiger partial charge in [0.25, 0.3) is 11.8 Å². The van der Waals surface area contributed by atoms with Gasteiger partial charge in [-0.3, -0.25) is 9.59 Å². The molecule has 12 heteroatoms. The highest BCUT2D eigenvalue weighted by atomic mass is 35.5. The molecule has 1 aromatic carbocycles. The van der Waals surface area contributed by atoms with Gasteiger partial charge < -0.3 is 10.2 Å². The Morgan fingerprint density at radius 3 is 2.47 bits per heavy atom. The first-order chi connectivity index (χ1) is 16.0. The first-order valence-electron chi connectivity index (χ1n) is 10.4. The lowest BCUT2D eigenvalue weighted by molar-refractivity contribution is -0.137. The maximum absolute atomic E-state index is 13.1. The number of carbonyl (C=O) groups is 2. The van der Waals surface area contributed by atoms with Gasteiger partial charge in [0.15, 0.2) is 11.6 Å². The minimum Gasteiger partial charge on any atom is -0.342 e. The Labute approximate surface area is 197 Å². The second-order valence-electron chi connectivity index (χ2n) is 7.90. The number of halogens is 4. The van der Waals surface area contributed by atoms with Crippen LogP contribution >= 0.6 is 11.6 Å². The zero-order valence-corrected chi connectivity index (χ0v) is 19.0. The molecule has 1 saturated heterocycles. The summed E-state index contributed by atoms with van der Waals surface area (Å²) in [6.45, 7) is 4.72. The molecule has 1 atom stereocenters. The number of amides is 2. The predicted molar refractivity (Wildman–Crippen MR) is 117 cm³/mol. The summed E-state index contributed by atoms with van der Waals surface area (Å²) in [5.74, 6) is 0.245. The van der Waals surface area contributed by atoms with Crippen LogP contribution in [-0.2, 0) is 6.18 Å². The van der Waals surface area contributed by atoms with Crippen molar-refractivity contribution in [3.05, 3.63) is 69.9 Å². The number of benzene rings is 1. The molecule has 1 unspecified atom stereocenters.